The minimum atomic E-state index is -3.72. The van der Waals surface area contributed by atoms with Gasteiger partial charge in [0.05, 0.1) is 19.1 Å². The number of carbonyl (C=O) groups excluding carboxylic acids is 2. The number of amidine groups is 1. The van der Waals surface area contributed by atoms with Crippen LogP contribution in [0, 0.1) is 0 Å². The Morgan fingerprint density at radius 1 is 1.06 bits per heavy atom. The van der Waals surface area contributed by atoms with Crippen molar-refractivity contribution in [3.63, 3.8) is 0 Å². The number of nitrogens with zero attached hydrogens (tertiary/aromatic N) is 1. The Labute approximate surface area is 192 Å². The third-order valence-corrected chi connectivity index (χ3v) is 6.30. The fourth-order valence-corrected chi connectivity index (χ4v) is 4.36. The average molecular weight is 476 g/mol. The third kappa shape index (κ3) is 5.43. The largest absolute Gasteiger partial charge is 0.493 e. The number of benzene rings is 2. The number of ether oxygens (including phenoxy) is 3. The maximum Gasteiger partial charge on any atom is 0.331 e. The summed E-state index contributed by atoms with van der Waals surface area (Å²) in [7, 11) is -0.675. The van der Waals surface area contributed by atoms with E-state index in [1.165, 1.54) is 34.1 Å². The van der Waals surface area contributed by atoms with Crippen molar-refractivity contribution in [3.8, 4) is 11.5 Å². The van der Waals surface area contributed by atoms with E-state index < -0.39 is 34.0 Å². The number of methoxy groups -OCH3 is 2. The third-order valence-electron chi connectivity index (χ3n) is 4.90. The molecular formula is C22H25N3O7S. The van der Waals surface area contributed by atoms with Gasteiger partial charge in [-0.05, 0) is 43.7 Å². The van der Waals surface area contributed by atoms with Gasteiger partial charge in [-0.1, -0.05) is 18.2 Å². The van der Waals surface area contributed by atoms with E-state index in [1.807, 2.05) is 0 Å². The zero-order valence-corrected chi connectivity index (χ0v) is 19.4. The minimum Gasteiger partial charge on any atom is -0.493 e. The number of sulfonamides is 1. The van der Waals surface area contributed by atoms with Gasteiger partial charge in [-0.2, -0.15) is 0 Å². The smallest absolute Gasteiger partial charge is 0.331 e. The van der Waals surface area contributed by atoms with E-state index in [0.717, 1.165) is 5.56 Å². The van der Waals surface area contributed by atoms with Gasteiger partial charge in [0.1, 0.15) is 11.9 Å². The molecule has 1 amide bonds. The first kappa shape index (κ1) is 24.1. The fourth-order valence-electron chi connectivity index (χ4n) is 3.13. The lowest BCUT2D eigenvalue weighted by molar-refractivity contribution is -0.155. The van der Waals surface area contributed by atoms with Gasteiger partial charge in [0.2, 0.25) is 0 Å². The molecule has 1 unspecified atom stereocenters. The van der Waals surface area contributed by atoms with Gasteiger partial charge in [0.25, 0.3) is 15.9 Å². The lowest BCUT2D eigenvalue weighted by Crippen LogP contribution is -2.37. The van der Waals surface area contributed by atoms with Crippen LogP contribution in [0.5, 0.6) is 11.5 Å². The average Bonchev–Trinajstić information content (AvgIpc) is 3.06. The first-order valence-electron chi connectivity index (χ1n) is 10.1. The van der Waals surface area contributed by atoms with Crippen LogP contribution in [0.2, 0.25) is 0 Å². The predicted molar refractivity (Wildman–Crippen MR) is 120 cm³/mol. The highest BCUT2D eigenvalue weighted by atomic mass is 32.2. The Hall–Kier alpha value is -3.60. The Balaban J connectivity index is 1.59. The summed E-state index contributed by atoms with van der Waals surface area (Å²) in [4.78, 5) is 29.0. The first-order valence-corrected chi connectivity index (χ1v) is 11.5. The molecule has 0 fully saturated rings. The monoisotopic (exact) mass is 475 g/mol. The Bertz CT molecular complexity index is 1190. The molecule has 0 spiro atoms. The van der Waals surface area contributed by atoms with Crippen LogP contribution in [0.25, 0.3) is 0 Å². The van der Waals surface area contributed by atoms with E-state index in [9.17, 15) is 18.0 Å². The van der Waals surface area contributed by atoms with Gasteiger partial charge in [0, 0.05) is 12.1 Å². The van der Waals surface area contributed by atoms with Crippen LogP contribution >= 0.6 is 0 Å². The highest BCUT2D eigenvalue weighted by Crippen LogP contribution is 2.27. The molecule has 0 aliphatic carbocycles. The maximum atomic E-state index is 12.4. The summed E-state index contributed by atoms with van der Waals surface area (Å²) in [6.07, 6.45) is -1.08. The summed E-state index contributed by atoms with van der Waals surface area (Å²) < 4.78 is 42.3. The van der Waals surface area contributed by atoms with Gasteiger partial charge in [-0.3, -0.25) is 14.5 Å². The molecule has 0 bridgehead atoms. The maximum absolute atomic E-state index is 12.4. The standard InChI is InChI=1S/C22H25N3O7S/c1-13(24-20-16-7-5-6-8-19(16)33(28,29)25-20)22(27)32-14(2)21(26)23-12-15-9-10-17(30-3)18(11-15)31-4/h5-11,13-14H,12H2,1-4H3,(H,23,26)(H,24,25)/t13-,14?/m0/s1. The van der Waals surface area contributed by atoms with Crippen LogP contribution in [-0.2, 0) is 30.9 Å². The van der Waals surface area contributed by atoms with Crippen LogP contribution in [0.4, 0.5) is 0 Å². The highest BCUT2D eigenvalue weighted by molar-refractivity contribution is 7.90. The minimum absolute atomic E-state index is 0.0561. The molecule has 2 aromatic rings. The van der Waals surface area contributed by atoms with Crippen molar-refractivity contribution in [1.82, 2.24) is 10.0 Å². The summed E-state index contributed by atoms with van der Waals surface area (Å²) in [5, 5.41) is 2.69. The van der Waals surface area contributed by atoms with Crippen molar-refractivity contribution in [3.05, 3.63) is 53.6 Å². The number of hydrogen-bond donors (Lipinski definition) is 2. The summed E-state index contributed by atoms with van der Waals surface area (Å²) in [5.41, 5.74) is 1.14. The molecule has 10 nitrogen and oxygen atoms in total. The van der Waals surface area contributed by atoms with Crippen molar-refractivity contribution in [2.75, 3.05) is 14.2 Å². The summed E-state index contributed by atoms with van der Waals surface area (Å²) >= 11 is 0. The Morgan fingerprint density at radius 3 is 2.45 bits per heavy atom. The Kier molecular flexibility index (Phi) is 7.22. The van der Waals surface area contributed by atoms with Crippen molar-refractivity contribution in [1.29, 1.82) is 0 Å². The van der Waals surface area contributed by atoms with Crippen molar-refractivity contribution >= 4 is 27.7 Å². The van der Waals surface area contributed by atoms with Crippen LogP contribution in [0.3, 0.4) is 0 Å². The molecule has 0 radical (unpaired) electrons. The lowest BCUT2D eigenvalue weighted by Gasteiger charge is -2.16. The van der Waals surface area contributed by atoms with Gasteiger partial charge >= 0.3 is 5.97 Å². The van der Waals surface area contributed by atoms with E-state index >= 15 is 0 Å². The van der Waals surface area contributed by atoms with Crippen LogP contribution in [-0.4, -0.2) is 52.5 Å². The normalized spacial score (nSPS) is 16.8. The molecule has 0 saturated carbocycles. The van der Waals surface area contributed by atoms with Crippen molar-refractivity contribution in [2.24, 2.45) is 4.99 Å². The van der Waals surface area contributed by atoms with E-state index in [1.54, 1.807) is 36.4 Å². The lowest BCUT2D eigenvalue weighted by atomic mass is 10.2. The van der Waals surface area contributed by atoms with Crippen LogP contribution in [0.1, 0.15) is 25.0 Å². The molecule has 3 rings (SSSR count). The molecular weight excluding hydrogens is 450 g/mol. The topological polar surface area (TPSA) is 132 Å². The van der Waals surface area contributed by atoms with Gasteiger partial charge in [0.15, 0.2) is 17.6 Å². The second-order valence-corrected chi connectivity index (χ2v) is 8.89. The number of aliphatic imine (C=N–C) groups is 1. The Morgan fingerprint density at radius 2 is 1.76 bits per heavy atom. The second kappa shape index (κ2) is 9.90. The van der Waals surface area contributed by atoms with E-state index in [2.05, 4.69) is 15.0 Å². The molecule has 2 atom stereocenters. The highest BCUT2D eigenvalue weighted by Gasteiger charge is 2.31. The number of amides is 1. The molecule has 0 aromatic heterocycles. The molecule has 1 heterocycles. The number of esters is 1. The van der Waals surface area contributed by atoms with Crippen molar-refractivity contribution < 1.29 is 32.2 Å². The van der Waals surface area contributed by atoms with E-state index in [0.29, 0.717) is 17.1 Å². The number of hydrogen-bond acceptors (Lipinski definition) is 8. The molecule has 1 aliphatic rings. The fraction of sp³-hybridized carbons (Fsp3) is 0.318. The predicted octanol–water partition coefficient (Wildman–Crippen LogP) is 1.38. The zero-order chi connectivity index (χ0) is 24.2. The quantitative estimate of drug-likeness (QED) is 0.551. The zero-order valence-electron chi connectivity index (χ0n) is 18.6. The molecule has 1 aliphatic heterocycles. The first-order chi connectivity index (χ1) is 15.7. The molecule has 2 aromatic carbocycles. The molecule has 176 valence electrons. The van der Waals surface area contributed by atoms with Gasteiger partial charge in [-0.15, -0.1) is 0 Å². The molecule has 11 heteroatoms. The molecule has 0 saturated heterocycles. The molecule has 33 heavy (non-hydrogen) atoms. The number of rotatable bonds is 8. The van der Waals surface area contributed by atoms with Crippen molar-refractivity contribution in [2.45, 2.75) is 37.4 Å². The van der Waals surface area contributed by atoms with Gasteiger partial charge < -0.3 is 19.5 Å². The van der Waals surface area contributed by atoms with E-state index in [4.69, 9.17) is 14.2 Å². The molecule has 2 N–H and O–H groups in total. The number of carbonyl (C=O) groups is 2. The summed E-state index contributed by atoms with van der Waals surface area (Å²) in [6, 6.07) is 10.5. The SMILES string of the molecule is COc1ccc(CNC(=O)C(C)OC(=O)[C@H](C)N=C2NS(=O)(=O)c3ccccc32)cc1OC. The van der Waals surface area contributed by atoms with Gasteiger partial charge in [-0.25, -0.2) is 13.2 Å². The van der Waals surface area contributed by atoms with Crippen LogP contribution < -0.4 is 19.5 Å². The second-order valence-electron chi connectivity index (χ2n) is 7.24. The summed E-state index contributed by atoms with van der Waals surface area (Å²) in [5.74, 6) is -0.108. The number of nitrogens with one attached hydrogen (secondary N) is 2. The van der Waals surface area contributed by atoms with Crippen LogP contribution in [0.15, 0.2) is 52.4 Å². The summed E-state index contributed by atoms with van der Waals surface area (Å²) in [6.45, 7) is 3.09. The van der Waals surface area contributed by atoms with E-state index in [-0.39, 0.29) is 17.3 Å². The number of fused-ring (bicyclic) bond motifs is 1.